The zero-order chi connectivity index (χ0) is 12.0. The van der Waals surface area contributed by atoms with E-state index in [4.69, 9.17) is 10.8 Å². The minimum Gasteiger partial charge on any atom is -0.396 e. The van der Waals surface area contributed by atoms with Crippen LogP contribution in [0.2, 0.25) is 0 Å². The molecule has 0 aliphatic heterocycles. The fraction of sp³-hybridized carbons (Fsp3) is 0.538. The fourth-order valence-corrected chi connectivity index (χ4v) is 2.43. The average Bonchev–Trinajstić information content (AvgIpc) is 2.35. The summed E-state index contributed by atoms with van der Waals surface area (Å²) in [6, 6.07) is 8.54. The third kappa shape index (κ3) is 3.81. The van der Waals surface area contributed by atoms with Gasteiger partial charge < -0.3 is 10.8 Å². The molecule has 0 aliphatic rings. The summed E-state index contributed by atoms with van der Waals surface area (Å²) in [6.07, 6.45) is 1.06. The molecule has 2 unspecified atom stereocenters. The number of hydrogen-bond acceptors (Lipinski definition) is 3. The minimum absolute atomic E-state index is 0.0439. The first-order valence-electron chi connectivity index (χ1n) is 5.76. The molecule has 1 aromatic carbocycles. The monoisotopic (exact) mass is 239 g/mol. The number of rotatable bonds is 6. The lowest BCUT2D eigenvalue weighted by molar-refractivity contribution is 0.322. The largest absolute Gasteiger partial charge is 0.396 e. The van der Waals surface area contributed by atoms with Gasteiger partial charge in [0, 0.05) is 17.0 Å². The molecule has 0 saturated heterocycles. The summed E-state index contributed by atoms with van der Waals surface area (Å²) >= 11 is 1.71. The maximum Gasteiger partial charge on any atom is 0.0521 e. The number of nitrogens with two attached hydrogens (primary N) is 1. The highest BCUT2D eigenvalue weighted by atomic mass is 32.2. The summed E-state index contributed by atoms with van der Waals surface area (Å²) in [5, 5.41) is 9.11. The van der Waals surface area contributed by atoms with Crippen LogP contribution in [0.3, 0.4) is 0 Å². The van der Waals surface area contributed by atoms with Crippen molar-refractivity contribution in [2.24, 2.45) is 5.73 Å². The van der Waals surface area contributed by atoms with Crippen molar-refractivity contribution in [2.75, 3.05) is 12.4 Å². The van der Waals surface area contributed by atoms with Gasteiger partial charge >= 0.3 is 0 Å². The van der Waals surface area contributed by atoms with Crippen LogP contribution in [0, 0.1) is 0 Å². The number of aliphatic hydroxyl groups excluding tert-OH is 1. The van der Waals surface area contributed by atoms with Crippen LogP contribution >= 0.6 is 11.8 Å². The third-order valence-corrected chi connectivity index (χ3v) is 3.99. The second-order valence-corrected chi connectivity index (χ2v) is 5.41. The number of hydrogen-bond donors (Lipinski definition) is 2. The predicted molar refractivity (Wildman–Crippen MR) is 71.8 cm³/mol. The first kappa shape index (κ1) is 13.6. The Balaban J connectivity index is 2.60. The Kier molecular flexibility index (Phi) is 5.88. The molecule has 0 amide bonds. The van der Waals surface area contributed by atoms with Crippen molar-refractivity contribution in [3.63, 3.8) is 0 Å². The molecule has 1 rings (SSSR count). The van der Waals surface area contributed by atoms with Crippen LogP contribution in [-0.2, 0) is 6.42 Å². The molecular formula is C13H21NOS. The molecule has 0 spiro atoms. The highest BCUT2D eigenvalue weighted by Crippen LogP contribution is 2.24. The van der Waals surface area contributed by atoms with E-state index in [-0.39, 0.29) is 12.6 Å². The lowest BCUT2D eigenvalue weighted by atomic mass is 10.0. The van der Waals surface area contributed by atoms with Gasteiger partial charge in [-0.25, -0.2) is 0 Å². The lowest BCUT2D eigenvalue weighted by Crippen LogP contribution is -2.21. The van der Waals surface area contributed by atoms with Gasteiger partial charge in [-0.1, -0.05) is 38.1 Å². The van der Waals surface area contributed by atoms with Crippen LogP contribution in [0.25, 0.3) is 0 Å². The van der Waals surface area contributed by atoms with Crippen LogP contribution in [0.5, 0.6) is 0 Å². The van der Waals surface area contributed by atoms with Gasteiger partial charge in [0.05, 0.1) is 6.61 Å². The van der Waals surface area contributed by atoms with Crippen molar-refractivity contribution >= 4 is 11.8 Å². The second-order valence-electron chi connectivity index (χ2n) is 3.92. The molecular weight excluding hydrogens is 218 g/mol. The Morgan fingerprint density at radius 1 is 1.31 bits per heavy atom. The van der Waals surface area contributed by atoms with Gasteiger partial charge in [0.2, 0.25) is 0 Å². The minimum atomic E-state index is 0.0439. The SMILES string of the molecule is CCc1ccc(C(N)C(C)SCCO)cc1. The summed E-state index contributed by atoms with van der Waals surface area (Å²) in [5.41, 5.74) is 8.68. The lowest BCUT2D eigenvalue weighted by Gasteiger charge is -2.19. The van der Waals surface area contributed by atoms with Crippen molar-refractivity contribution in [3.8, 4) is 0 Å². The van der Waals surface area contributed by atoms with Crippen LogP contribution < -0.4 is 5.73 Å². The molecule has 3 heteroatoms. The van der Waals surface area contributed by atoms with Gasteiger partial charge in [-0.2, -0.15) is 11.8 Å². The Morgan fingerprint density at radius 2 is 1.94 bits per heavy atom. The molecule has 0 fully saturated rings. The molecule has 16 heavy (non-hydrogen) atoms. The van der Waals surface area contributed by atoms with E-state index in [2.05, 4.69) is 38.1 Å². The summed E-state index contributed by atoms with van der Waals surface area (Å²) in [7, 11) is 0. The van der Waals surface area contributed by atoms with Crippen molar-refractivity contribution in [1.29, 1.82) is 0 Å². The van der Waals surface area contributed by atoms with Crippen LogP contribution in [-0.4, -0.2) is 22.7 Å². The summed E-state index contributed by atoms with van der Waals surface area (Å²) in [4.78, 5) is 0. The van der Waals surface area contributed by atoms with Crippen LogP contribution in [0.1, 0.15) is 31.0 Å². The van der Waals surface area contributed by atoms with Crippen LogP contribution in [0.15, 0.2) is 24.3 Å². The van der Waals surface area contributed by atoms with Gasteiger partial charge in [-0.3, -0.25) is 0 Å². The van der Waals surface area contributed by atoms with Gasteiger partial charge in [0.15, 0.2) is 0 Å². The van der Waals surface area contributed by atoms with Gasteiger partial charge in [0.25, 0.3) is 0 Å². The Bertz CT molecular complexity index is 299. The highest BCUT2D eigenvalue weighted by Gasteiger charge is 2.14. The van der Waals surface area contributed by atoms with Gasteiger partial charge in [-0.05, 0) is 17.5 Å². The average molecular weight is 239 g/mol. The topological polar surface area (TPSA) is 46.2 Å². The standard InChI is InChI=1S/C13H21NOS/c1-3-11-4-6-12(7-5-11)13(14)10(2)16-9-8-15/h4-7,10,13,15H,3,8-9,14H2,1-2H3. The zero-order valence-electron chi connectivity index (χ0n) is 10.0. The molecule has 1 aromatic rings. The maximum absolute atomic E-state index is 8.77. The summed E-state index contributed by atoms with van der Waals surface area (Å²) < 4.78 is 0. The Labute approximate surface area is 102 Å². The van der Waals surface area contributed by atoms with E-state index >= 15 is 0 Å². The quantitative estimate of drug-likeness (QED) is 0.801. The number of aliphatic hydroxyl groups is 1. The summed E-state index contributed by atoms with van der Waals surface area (Å²) in [6.45, 7) is 4.48. The first-order valence-corrected chi connectivity index (χ1v) is 6.80. The fourth-order valence-electron chi connectivity index (χ4n) is 1.59. The smallest absolute Gasteiger partial charge is 0.0521 e. The molecule has 2 nitrogen and oxygen atoms in total. The Hall–Kier alpha value is -0.510. The molecule has 2 atom stereocenters. The van der Waals surface area contributed by atoms with Crippen molar-refractivity contribution in [2.45, 2.75) is 31.6 Å². The summed E-state index contributed by atoms with van der Waals surface area (Å²) in [5.74, 6) is 0.752. The number of aryl methyl sites for hydroxylation is 1. The van der Waals surface area contributed by atoms with E-state index in [9.17, 15) is 0 Å². The third-order valence-electron chi connectivity index (χ3n) is 2.75. The zero-order valence-corrected chi connectivity index (χ0v) is 10.8. The van der Waals surface area contributed by atoms with E-state index in [1.807, 2.05) is 0 Å². The highest BCUT2D eigenvalue weighted by molar-refractivity contribution is 7.99. The number of benzene rings is 1. The predicted octanol–water partition coefficient (Wildman–Crippen LogP) is 2.36. The molecule has 0 saturated carbocycles. The van der Waals surface area contributed by atoms with E-state index in [1.165, 1.54) is 11.1 Å². The molecule has 0 aliphatic carbocycles. The van der Waals surface area contributed by atoms with E-state index in [0.29, 0.717) is 5.25 Å². The Morgan fingerprint density at radius 3 is 2.44 bits per heavy atom. The molecule has 0 radical (unpaired) electrons. The van der Waals surface area contributed by atoms with Crippen molar-refractivity contribution < 1.29 is 5.11 Å². The van der Waals surface area contributed by atoms with Gasteiger partial charge in [0.1, 0.15) is 0 Å². The van der Waals surface area contributed by atoms with E-state index in [0.717, 1.165) is 12.2 Å². The second kappa shape index (κ2) is 6.94. The van der Waals surface area contributed by atoms with E-state index < -0.39 is 0 Å². The molecule has 0 aromatic heterocycles. The van der Waals surface area contributed by atoms with Crippen molar-refractivity contribution in [1.82, 2.24) is 0 Å². The molecule has 0 bridgehead atoms. The normalized spacial score (nSPS) is 14.8. The molecule has 90 valence electrons. The number of thioether (sulfide) groups is 1. The van der Waals surface area contributed by atoms with Gasteiger partial charge in [-0.15, -0.1) is 0 Å². The maximum atomic E-state index is 8.77. The molecule has 0 heterocycles. The van der Waals surface area contributed by atoms with E-state index in [1.54, 1.807) is 11.8 Å². The van der Waals surface area contributed by atoms with Crippen LogP contribution in [0.4, 0.5) is 0 Å². The van der Waals surface area contributed by atoms with Crippen molar-refractivity contribution in [3.05, 3.63) is 35.4 Å². The first-order chi connectivity index (χ1) is 7.69. The molecule has 3 N–H and O–H groups in total.